The van der Waals surface area contributed by atoms with Gasteiger partial charge in [0, 0.05) is 13.6 Å². The lowest BCUT2D eigenvalue weighted by molar-refractivity contribution is 0.369. The van der Waals surface area contributed by atoms with Crippen LogP contribution in [0.4, 0.5) is 14.5 Å². The molecule has 2 N–H and O–H groups in total. The maximum absolute atomic E-state index is 13.8. The topological polar surface area (TPSA) is 66.6 Å². The Morgan fingerprint density at radius 1 is 1.15 bits per heavy atom. The van der Waals surface area contributed by atoms with Crippen LogP contribution in [0, 0.1) is 11.6 Å². The molecule has 0 aromatic heterocycles. The number of anilines is 1. The Morgan fingerprint density at radius 2 is 1.75 bits per heavy atom. The van der Waals surface area contributed by atoms with E-state index in [2.05, 4.69) is 0 Å². The molecule has 0 heterocycles. The van der Waals surface area contributed by atoms with Gasteiger partial charge in [0.05, 0.1) is 0 Å². The molecular formula is C12H19F2N3O2S. The van der Waals surface area contributed by atoms with E-state index >= 15 is 0 Å². The van der Waals surface area contributed by atoms with Crippen LogP contribution in [0.15, 0.2) is 17.0 Å². The van der Waals surface area contributed by atoms with Crippen molar-refractivity contribution in [1.29, 1.82) is 0 Å². The second-order valence-corrected chi connectivity index (χ2v) is 6.77. The molecule has 1 aromatic carbocycles. The van der Waals surface area contributed by atoms with E-state index in [-0.39, 0.29) is 6.54 Å². The van der Waals surface area contributed by atoms with E-state index in [0.29, 0.717) is 13.0 Å². The lowest BCUT2D eigenvalue weighted by atomic mass is 10.3. The molecule has 0 unspecified atom stereocenters. The molecule has 0 aliphatic rings. The van der Waals surface area contributed by atoms with Crippen LogP contribution in [0.3, 0.4) is 0 Å². The van der Waals surface area contributed by atoms with Crippen molar-refractivity contribution in [2.24, 2.45) is 0 Å². The number of halogens is 2. The molecule has 5 nitrogen and oxygen atoms in total. The standard InChI is InChI=1S/C12H19F2N3O2S/c1-16(2)7-4-8-17(3)20(18,19)10-6-5-9(13)12(15)11(10)14/h5-6H,4,7-8,15H2,1-3H3. The van der Waals surface area contributed by atoms with Gasteiger partial charge in [0.2, 0.25) is 10.0 Å². The number of sulfonamides is 1. The number of benzene rings is 1. The Bertz CT molecular complexity index is 576. The van der Waals surface area contributed by atoms with Gasteiger partial charge in [-0.2, -0.15) is 0 Å². The third kappa shape index (κ3) is 3.65. The fourth-order valence-corrected chi connectivity index (χ4v) is 2.93. The molecule has 0 bridgehead atoms. The number of hydrogen-bond donors (Lipinski definition) is 1. The van der Waals surface area contributed by atoms with E-state index in [9.17, 15) is 17.2 Å². The van der Waals surface area contributed by atoms with Crippen LogP contribution >= 0.6 is 0 Å². The van der Waals surface area contributed by atoms with Gasteiger partial charge in [0.15, 0.2) is 5.82 Å². The van der Waals surface area contributed by atoms with E-state index in [1.807, 2.05) is 19.0 Å². The van der Waals surface area contributed by atoms with Gasteiger partial charge in [-0.3, -0.25) is 0 Å². The van der Waals surface area contributed by atoms with Crippen molar-refractivity contribution in [1.82, 2.24) is 9.21 Å². The fourth-order valence-electron chi connectivity index (χ4n) is 1.65. The second-order valence-electron chi connectivity index (χ2n) is 4.76. The molecule has 0 atom stereocenters. The third-order valence-corrected chi connectivity index (χ3v) is 4.73. The highest BCUT2D eigenvalue weighted by Gasteiger charge is 2.26. The summed E-state index contributed by atoms with van der Waals surface area (Å²) in [6.07, 6.45) is 0.598. The van der Waals surface area contributed by atoms with Gasteiger partial charge in [-0.05, 0) is 39.2 Å². The van der Waals surface area contributed by atoms with Gasteiger partial charge in [0.25, 0.3) is 0 Å². The highest BCUT2D eigenvalue weighted by molar-refractivity contribution is 7.89. The van der Waals surface area contributed by atoms with E-state index in [0.717, 1.165) is 16.4 Å². The molecule has 1 aromatic rings. The Morgan fingerprint density at radius 3 is 2.30 bits per heavy atom. The molecule has 0 saturated carbocycles. The summed E-state index contributed by atoms with van der Waals surface area (Å²) in [4.78, 5) is 1.31. The molecule has 0 amide bonds. The van der Waals surface area contributed by atoms with Crippen molar-refractivity contribution >= 4 is 15.7 Å². The summed E-state index contributed by atoms with van der Waals surface area (Å²) in [5.74, 6) is -2.22. The minimum absolute atomic E-state index is 0.233. The van der Waals surface area contributed by atoms with Gasteiger partial charge in [-0.1, -0.05) is 0 Å². The highest BCUT2D eigenvalue weighted by atomic mass is 32.2. The first-order valence-electron chi connectivity index (χ1n) is 6.02. The first kappa shape index (κ1) is 16.8. The Balaban J connectivity index is 2.96. The van der Waals surface area contributed by atoms with Crippen LogP contribution in [0.25, 0.3) is 0 Å². The van der Waals surface area contributed by atoms with Crippen molar-refractivity contribution in [3.63, 3.8) is 0 Å². The van der Waals surface area contributed by atoms with Gasteiger partial charge in [-0.25, -0.2) is 21.5 Å². The summed E-state index contributed by atoms with van der Waals surface area (Å²) in [5, 5.41) is 0. The first-order chi connectivity index (χ1) is 9.17. The lowest BCUT2D eigenvalue weighted by Crippen LogP contribution is -2.30. The molecule has 20 heavy (non-hydrogen) atoms. The molecule has 0 aliphatic heterocycles. The average molecular weight is 307 g/mol. The van der Waals surface area contributed by atoms with Crippen LogP contribution in [-0.4, -0.2) is 51.9 Å². The average Bonchev–Trinajstić information content (AvgIpc) is 2.35. The lowest BCUT2D eigenvalue weighted by Gasteiger charge is -2.19. The number of nitrogens with two attached hydrogens (primary N) is 1. The SMILES string of the molecule is CN(C)CCCN(C)S(=O)(=O)c1ccc(F)c(N)c1F. The van der Waals surface area contributed by atoms with E-state index < -0.39 is 32.2 Å². The minimum atomic E-state index is -4.01. The molecule has 0 radical (unpaired) electrons. The zero-order chi connectivity index (χ0) is 15.5. The molecule has 0 saturated heterocycles. The van der Waals surface area contributed by atoms with Crippen molar-refractivity contribution < 1.29 is 17.2 Å². The molecular weight excluding hydrogens is 288 g/mol. The van der Waals surface area contributed by atoms with Gasteiger partial charge in [-0.15, -0.1) is 0 Å². The van der Waals surface area contributed by atoms with Gasteiger partial charge in [0.1, 0.15) is 16.4 Å². The van der Waals surface area contributed by atoms with Gasteiger partial charge < -0.3 is 10.6 Å². The van der Waals surface area contributed by atoms with E-state index in [4.69, 9.17) is 5.73 Å². The zero-order valence-electron chi connectivity index (χ0n) is 11.7. The molecule has 114 valence electrons. The van der Waals surface area contributed by atoms with Crippen LogP contribution in [0.1, 0.15) is 6.42 Å². The number of nitrogens with zero attached hydrogens (tertiary/aromatic N) is 2. The number of nitrogen functional groups attached to an aromatic ring is 1. The molecule has 0 fully saturated rings. The van der Waals surface area contributed by atoms with E-state index in [1.165, 1.54) is 7.05 Å². The summed E-state index contributed by atoms with van der Waals surface area (Å²) < 4.78 is 52.3. The third-order valence-electron chi connectivity index (χ3n) is 2.86. The molecule has 8 heteroatoms. The zero-order valence-corrected chi connectivity index (χ0v) is 12.5. The predicted molar refractivity (Wildman–Crippen MR) is 73.8 cm³/mol. The summed E-state index contributed by atoms with van der Waals surface area (Å²) in [6, 6.07) is 1.73. The Labute approximate surface area is 118 Å². The highest BCUT2D eigenvalue weighted by Crippen LogP contribution is 2.24. The Kier molecular flexibility index (Phi) is 5.43. The molecule has 0 spiro atoms. The van der Waals surface area contributed by atoms with Crippen LogP contribution in [-0.2, 0) is 10.0 Å². The quantitative estimate of drug-likeness (QED) is 0.800. The predicted octanol–water partition coefficient (Wildman–Crippen LogP) is 1.12. The maximum atomic E-state index is 13.8. The van der Waals surface area contributed by atoms with Crippen molar-refractivity contribution in [2.75, 3.05) is 40.0 Å². The van der Waals surface area contributed by atoms with E-state index in [1.54, 1.807) is 0 Å². The summed E-state index contributed by atoms with van der Waals surface area (Å²) in [6.45, 7) is 0.936. The monoisotopic (exact) mass is 307 g/mol. The normalized spacial score (nSPS) is 12.3. The van der Waals surface area contributed by atoms with Crippen molar-refractivity contribution in [3.05, 3.63) is 23.8 Å². The van der Waals surface area contributed by atoms with Crippen LogP contribution in [0.5, 0.6) is 0 Å². The second kappa shape index (κ2) is 6.47. The number of hydrogen-bond acceptors (Lipinski definition) is 4. The summed E-state index contributed by atoms with van der Waals surface area (Å²) >= 11 is 0. The summed E-state index contributed by atoms with van der Waals surface area (Å²) in [5.41, 5.74) is 4.40. The fraction of sp³-hybridized carbons (Fsp3) is 0.500. The van der Waals surface area contributed by atoms with Crippen molar-refractivity contribution in [2.45, 2.75) is 11.3 Å². The first-order valence-corrected chi connectivity index (χ1v) is 7.46. The molecule has 1 rings (SSSR count). The largest absolute Gasteiger partial charge is 0.394 e. The number of rotatable bonds is 6. The maximum Gasteiger partial charge on any atom is 0.245 e. The Hall–Kier alpha value is -1.25. The minimum Gasteiger partial charge on any atom is -0.394 e. The summed E-state index contributed by atoms with van der Waals surface area (Å²) in [7, 11) is 1.08. The molecule has 0 aliphatic carbocycles. The van der Waals surface area contributed by atoms with Gasteiger partial charge >= 0.3 is 0 Å². The van der Waals surface area contributed by atoms with Crippen LogP contribution < -0.4 is 5.73 Å². The van der Waals surface area contributed by atoms with Crippen LogP contribution in [0.2, 0.25) is 0 Å². The smallest absolute Gasteiger partial charge is 0.245 e. The van der Waals surface area contributed by atoms with Crippen molar-refractivity contribution in [3.8, 4) is 0 Å².